The minimum absolute atomic E-state index is 0.539. The maximum atomic E-state index is 6.19. The molecular weight excluding hydrogens is 328 g/mol. The van der Waals surface area contributed by atoms with E-state index in [0.29, 0.717) is 5.82 Å². The van der Waals surface area contributed by atoms with Crippen LogP contribution < -0.4 is 5.73 Å². The van der Waals surface area contributed by atoms with Crippen molar-refractivity contribution in [3.8, 4) is 0 Å². The number of imidazole rings is 1. The van der Waals surface area contributed by atoms with Crippen LogP contribution in [0.4, 0.5) is 5.82 Å². The van der Waals surface area contributed by atoms with Gasteiger partial charge in [-0.25, -0.2) is 9.97 Å². The molecule has 2 aromatic heterocycles. The Kier molecular flexibility index (Phi) is 6.19. The maximum absolute atomic E-state index is 6.19. The molecule has 1 aromatic carbocycles. The quantitative estimate of drug-likeness (QED) is 0.546. The van der Waals surface area contributed by atoms with Crippen LogP contribution in [0, 0.1) is 0 Å². The molecule has 2 N–H and O–H groups in total. The average molecular weight is 357 g/mol. The number of benzene rings is 1. The summed E-state index contributed by atoms with van der Waals surface area (Å²) in [5, 5.41) is 1.15. The second-order valence-corrected chi connectivity index (χ2v) is 7.64. The molecular formula is C20H28N4S. The standard InChI is InChI=1S/C20H28N4S/c1-3-5-13-25-14-9-8-12-24-17(4-2)23-18-19(24)15-10-6-7-11-16(15)22-20(18)21/h6-7,10-11H,3-5,8-9,12-14H2,1-2H3,(H2,21,22). The Balaban J connectivity index is 1.83. The Labute approximate surface area is 154 Å². The zero-order valence-corrected chi connectivity index (χ0v) is 16.1. The third kappa shape index (κ3) is 3.92. The lowest BCUT2D eigenvalue weighted by atomic mass is 10.2. The summed E-state index contributed by atoms with van der Waals surface area (Å²) in [5.74, 6) is 4.19. The van der Waals surface area contributed by atoms with E-state index in [4.69, 9.17) is 10.7 Å². The van der Waals surface area contributed by atoms with Crippen molar-refractivity contribution >= 4 is 39.5 Å². The fourth-order valence-corrected chi connectivity index (χ4v) is 4.34. The van der Waals surface area contributed by atoms with Gasteiger partial charge in [0.05, 0.1) is 11.0 Å². The lowest BCUT2D eigenvalue weighted by Crippen LogP contribution is -2.04. The smallest absolute Gasteiger partial charge is 0.152 e. The number of unbranched alkanes of at least 4 members (excludes halogenated alkanes) is 2. The van der Waals surface area contributed by atoms with Gasteiger partial charge in [0.15, 0.2) is 5.82 Å². The van der Waals surface area contributed by atoms with Crippen LogP contribution in [0.1, 0.15) is 45.4 Å². The van der Waals surface area contributed by atoms with Crippen molar-refractivity contribution in [1.29, 1.82) is 0 Å². The first-order valence-corrected chi connectivity index (χ1v) is 10.5. The second kappa shape index (κ2) is 8.56. The third-order valence-corrected chi connectivity index (χ3v) is 5.72. The van der Waals surface area contributed by atoms with E-state index in [1.54, 1.807) is 0 Å². The summed E-state index contributed by atoms with van der Waals surface area (Å²) in [7, 11) is 0. The zero-order chi connectivity index (χ0) is 17.6. The van der Waals surface area contributed by atoms with Crippen molar-refractivity contribution in [2.24, 2.45) is 0 Å². The van der Waals surface area contributed by atoms with Crippen LogP contribution in [0.3, 0.4) is 0 Å². The molecule has 134 valence electrons. The number of pyridine rings is 1. The van der Waals surface area contributed by atoms with E-state index in [-0.39, 0.29) is 0 Å². The van der Waals surface area contributed by atoms with E-state index in [2.05, 4.69) is 47.3 Å². The average Bonchev–Trinajstić information content (AvgIpc) is 3.01. The molecule has 0 aliphatic rings. The van der Waals surface area contributed by atoms with E-state index in [0.717, 1.165) is 40.7 Å². The molecule has 0 radical (unpaired) electrons. The number of aryl methyl sites for hydroxylation is 2. The summed E-state index contributed by atoms with van der Waals surface area (Å²) in [4.78, 5) is 9.32. The molecule has 0 saturated carbocycles. The lowest BCUT2D eigenvalue weighted by Gasteiger charge is -2.10. The highest BCUT2D eigenvalue weighted by atomic mass is 32.2. The Hall–Kier alpha value is -1.75. The minimum atomic E-state index is 0.539. The van der Waals surface area contributed by atoms with Crippen molar-refractivity contribution in [1.82, 2.24) is 14.5 Å². The number of nitrogens with zero attached hydrogens (tertiary/aromatic N) is 3. The van der Waals surface area contributed by atoms with Crippen LogP contribution >= 0.6 is 11.8 Å². The summed E-state index contributed by atoms with van der Waals surface area (Å²) in [6.07, 6.45) is 5.95. The van der Waals surface area contributed by atoms with Gasteiger partial charge in [0.2, 0.25) is 0 Å². The molecule has 0 bridgehead atoms. The molecule has 0 fully saturated rings. The van der Waals surface area contributed by atoms with Crippen molar-refractivity contribution < 1.29 is 0 Å². The predicted molar refractivity (Wildman–Crippen MR) is 110 cm³/mol. The largest absolute Gasteiger partial charge is 0.382 e. The van der Waals surface area contributed by atoms with E-state index < -0.39 is 0 Å². The number of nitrogen functional groups attached to an aromatic ring is 1. The molecule has 0 amide bonds. The Morgan fingerprint density at radius 2 is 1.84 bits per heavy atom. The molecule has 3 aromatic rings. The summed E-state index contributed by atoms with van der Waals surface area (Å²) in [5.41, 5.74) is 9.15. The van der Waals surface area contributed by atoms with Crippen molar-refractivity contribution in [3.63, 3.8) is 0 Å². The molecule has 0 atom stereocenters. The molecule has 0 spiro atoms. The number of para-hydroxylation sites is 1. The highest BCUT2D eigenvalue weighted by molar-refractivity contribution is 7.99. The number of aromatic nitrogens is 3. The minimum Gasteiger partial charge on any atom is -0.382 e. The van der Waals surface area contributed by atoms with Gasteiger partial charge < -0.3 is 10.3 Å². The van der Waals surface area contributed by atoms with Gasteiger partial charge in [-0.05, 0) is 36.8 Å². The normalized spacial score (nSPS) is 11.6. The van der Waals surface area contributed by atoms with Crippen molar-refractivity contribution in [2.45, 2.75) is 52.5 Å². The van der Waals surface area contributed by atoms with Crippen LogP contribution in [0.5, 0.6) is 0 Å². The van der Waals surface area contributed by atoms with Crippen molar-refractivity contribution in [3.05, 3.63) is 30.1 Å². The highest BCUT2D eigenvalue weighted by Gasteiger charge is 2.15. The first kappa shape index (κ1) is 18.1. The topological polar surface area (TPSA) is 56.7 Å². The van der Waals surface area contributed by atoms with Gasteiger partial charge in [-0.2, -0.15) is 11.8 Å². The summed E-state index contributed by atoms with van der Waals surface area (Å²) >= 11 is 2.08. The van der Waals surface area contributed by atoms with Gasteiger partial charge in [0.25, 0.3) is 0 Å². The number of thioether (sulfide) groups is 1. The molecule has 3 rings (SSSR count). The summed E-state index contributed by atoms with van der Waals surface area (Å²) < 4.78 is 2.37. The molecule has 0 aliphatic carbocycles. The van der Waals surface area contributed by atoms with Crippen LogP contribution in [0.15, 0.2) is 24.3 Å². The van der Waals surface area contributed by atoms with E-state index in [1.807, 2.05) is 12.1 Å². The first-order valence-electron chi connectivity index (χ1n) is 9.37. The lowest BCUT2D eigenvalue weighted by molar-refractivity contribution is 0.623. The predicted octanol–water partition coefficient (Wildman–Crippen LogP) is 5.04. The Bertz CT molecular complexity index is 840. The van der Waals surface area contributed by atoms with Crippen molar-refractivity contribution in [2.75, 3.05) is 17.2 Å². The monoisotopic (exact) mass is 356 g/mol. The van der Waals surface area contributed by atoms with Gasteiger partial charge in [0.1, 0.15) is 11.3 Å². The van der Waals surface area contributed by atoms with Gasteiger partial charge in [-0.3, -0.25) is 0 Å². The van der Waals surface area contributed by atoms with E-state index in [1.165, 1.54) is 37.2 Å². The highest BCUT2D eigenvalue weighted by Crippen LogP contribution is 2.29. The molecule has 0 aliphatic heterocycles. The fourth-order valence-electron chi connectivity index (χ4n) is 3.24. The van der Waals surface area contributed by atoms with Crippen LogP contribution in [0.2, 0.25) is 0 Å². The zero-order valence-electron chi connectivity index (χ0n) is 15.3. The second-order valence-electron chi connectivity index (χ2n) is 6.42. The van der Waals surface area contributed by atoms with Crippen LogP contribution in [-0.2, 0) is 13.0 Å². The third-order valence-electron chi connectivity index (χ3n) is 4.57. The molecule has 0 saturated heterocycles. The number of nitrogens with two attached hydrogens (primary N) is 1. The van der Waals surface area contributed by atoms with Crippen LogP contribution in [0.25, 0.3) is 21.9 Å². The molecule has 5 heteroatoms. The number of fused-ring (bicyclic) bond motifs is 3. The fraction of sp³-hybridized carbons (Fsp3) is 0.500. The van der Waals surface area contributed by atoms with E-state index >= 15 is 0 Å². The van der Waals surface area contributed by atoms with Gasteiger partial charge in [-0.1, -0.05) is 38.5 Å². The van der Waals surface area contributed by atoms with Gasteiger partial charge in [0, 0.05) is 18.4 Å². The molecule has 0 unspecified atom stereocenters. The number of hydrogen-bond donors (Lipinski definition) is 1. The molecule has 4 nitrogen and oxygen atoms in total. The summed E-state index contributed by atoms with van der Waals surface area (Å²) in [6, 6.07) is 8.23. The molecule has 25 heavy (non-hydrogen) atoms. The SMILES string of the molecule is CCCCSCCCCn1c(CC)nc2c(N)nc3ccccc3c21. The Morgan fingerprint density at radius 3 is 2.64 bits per heavy atom. The number of anilines is 1. The van der Waals surface area contributed by atoms with Gasteiger partial charge in [-0.15, -0.1) is 0 Å². The maximum Gasteiger partial charge on any atom is 0.152 e. The molecule has 2 heterocycles. The first-order chi connectivity index (χ1) is 12.3. The van der Waals surface area contributed by atoms with Crippen LogP contribution in [-0.4, -0.2) is 26.0 Å². The number of rotatable bonds is 9. The number of hydrogen-bond acceptors (Lipinski definition) is 4. The summed E-state index contributed by atoms with van der Waals surface area (Å²) in [6.45, 7) is 5.41. The Morgan fingerprint density at radius 1 is 1.04 bits per heavy atom. The van der Waals surface area contributed by atoms with Gasteiger partial charge >= 0.3 is 0 Å². The van der Waals surface area contributed by atoms with E-state index in [9.17, 15) is 0 Å².